The molecule has 1 atom stereocenters. The van der Waals surface area contributed by atoms with Gasteiger partial charge in [0.1, 0.15) is 17.4 Å². The molecule has 140 valence electrons. The fourth-order valence-corrected chi connectivity index (χ4v) is 3.92. The number of nitrogens with zero attached hydrogens (tertiary/aromatic N) is 2. The molecule has 2 aromatic rings. The second-order valence-corrected chi connectivity index (χ2v) is 8.03. The highest BCUT2D eigenvalue weighted by Gasteiger charge is 2.25. The molecule has 0 radical (unpaired) electrons. The molecule has 3 rings (SSSR count). The molecule has 1 amide bonds. The number of carbonyl (C=O) groups excluding carboxylic acids is 1. The van der Waals surface area contributed by atoms with Gasteiger partial charge in [0.25, 0.3) is 0 Å². The molecule has 1 fully saturated rings. The van der Waals surface area contributed by atoms with Gasteiger partial charge in [-0.05, 0) is 44.7 Å². The fourth-order valence-electron chi connectivity index (χ4n) is 3.22. The summed E-state index contributed by atoms with van der Waals surface area (Å²) in [6, 6.07) is 8.17. The number of carbonyl (C=O) groups is 1. The summed E-state index contributed by atoms with van der Waals surface area (Å²) in [6.45, 7) is 6.14. The third kappa shape index (κ3) is 5.05. The number of benzene rings is 1. The molecule has 2 N–H and O–H groups in total. The molecule has 26 heavy (non-hydrogen) atoms. The van der Waals surface area contributed by atoms with Crippen LogP contribution in [0.1, 0.15) is 36.0 Å². The minimum atomic E-state index is 0.157. The summed E-state index contributed by atoms with van der Waals surface area (Å²) in [7, 11) is 0. The van der Waals surface area contributed by atoms with E-state index < -0.39 is 0 Å². The number of thiazole rings is 1. The average Bonchev–Trinajstić information content (AvgIpc) is 3.08. The number of rotatable bonds is 6. The summed E-state index contributed by atoms with van der Waals surface area (Å²) < 4.78 is 5.76. The van der Waals surface area contributed by atoms with Gasteiger partial charge in [0, 0.05) is 24.5 Å². The van der Waals surface area contributed by atoms with E-state index in [1.54, 1.807) is 11.3 Å². The van der Waals surface area contributed by atoms with Crippen LogP contribution < -0.4 is 10.5 Å². The van der Waals surface area contributed by atoms with Gasteiger partial charge in [0.15, 0.2) is 0 Å². The Labute approximate surface area is 159 Å². The number of piperidine rings is 1. The Morgan fingerprint density at radius 1 is 1.35 bits per heavy atom. The number of aryl methyl sites for hydroxylation is 1. The summed E-state index contributed by atoms with van der Waals surface area (Å²) in [6.07, 6.45) is 2.36. The maximum absolute atomic E-state index is 12.5. The number of aromatic nitrogens is 1. The van der Waals surface area contributed by atoms with Crippen LogP contribution in [0.15, 0.2) is 29.6 Å². The standard InChI is InChI=1S/C20H27N3O2S/c1-14-3-5-18(6-4-14)25-12-19-22-17(13-26-19)11-20(24)23-9-7-16(8-10-23)15(2)21/h3-6,13,15-16H,7-12,21H2,1-2H3. The molecular weight excluding hydrogens is 346 g/mol. The van der Waals surface area contributed by atoms with Gasteiger partial charge in [0.05, 0.1) is 12.1 Å². The van der Waals surface area contributed by atoms with Gasteiger partial charge in [-0.2, -0.15) is 0 Å². The number of likely N-dealkylation sites (tertiary alicyclic amines) is 1. The van der Waals surface area contributed by atoms with Gasteiger partial charge >= 0.3 is 0 Å². The minimum Gasteiger partial charge on any atom is -0.486 e. The van der Waals surface area contributed by atoms with Gasteiger partial charge in [-0.3, -0.25) is 4.79 Å². The van der Waals surface area contributed by atoms with Crippen LogP contribution in [-0.2, 0) is 17.8 Å². The number of amides is 1. The fraction of sp³-hybridized carbons (Fsp3) is 0.500. The second kappa shape index (κ2) is 8.64. The molecule has 0 spiro atoms. The summed E-state index contributed by atoms with van der Waals surface area (Å²) >= 11 is 1.54. The zero-order valence-corrected chi connectivity index (χ0v) is 16.3. The second-order valence-electron chi connectivity index (χ2n) is 7.09. The Bertz CT molecular complexity index is 719. The highest BCUT2D eigenvalue weighted by atomic mass is 32.1. The molecule has 1 aromatic carbocycles. The van der Waals surface area contributed by atoms with Crippen molar-refractivity contribution in [3.63, 3.8) is 0 Å². The van der Waals surface area contributed by atoms with Crippen LogP contribution in [0, 0.1) is 12.8 Å². The Hall–Kier alpha value is -1.92. The lowest BCUT2D eigenvalue weighted by molar-refractivity contribution is -0.132. The predicted octanol–water partition coefficient (Wildman–Crippen LogP) is 3.16. The van der Waals surface area contributed by atoms with Gasteiger partial charge in [-0.1, -0.05) is 17.7 Å². The average molecular weight is 374 g/mol. The van der Waals surface area contributed by atoms with Crippen LogP contribution in [0.5, 0.6) is 5.75 Å². The van der Waals surface area contributed by atoms with Crippen LogP contribution >= 0.6 is 11.3 Å². The summed E-state index contributed by atoms with van der Waals surface area (Å²) in [4.78, 5) is 19.0. The summed E-state index contributed by atoms with van der Waals surface area (Å²) in [5, 5.41) is 2.85. The van der Waals surface area contributed by atoms with Crippen molar-refractivity contribution in [3.05, 3.63) is 45.9 Å². The molecule has 5 nitrogen and oxygen atoms in total. The van der Waals surface area contributed by atoms with Gasteiger partial charge in [-0.25, -0.2) is 4.98 Å². The van der Waals surface area contributed by atoms with Crippen molar-refractivity contribution in [2.75, 3.05) is 13.1 Å². The van der Waals surface area contributed by atoms with Gasteiger partial charge in [0.2, 0.25) is 5.91 Å². The van der Waals surface area contributed by atoms with E-state index >= 15 is 0 Å². The molecule has 1 aliphatic rings. The Kier molecular flexibility index (Phi) is 6.27. The zero-order valence-electron chi connectivity index (χ0n) is 15.5. The van der Waals surface area contributed by atoms with E-state index in [0.29, 0.717) is 18.9 Å². The predicted molar refractivity (Wildman–Crippen MR) is 104 cm³/mol. The molecule has 6 heteroatoms. The van der Waals surface area contributed by atoms with Crippen LogP contribution in [0.3, 0.4) is 0 Å². The number of hydrogen-bond acceptors (Lipinski definition) is 5. The lowest BCUT2D eigenvalue weighted by Gasteiger charge is -2.33. The zero-order chi connectivity index (χ0) is 18.5. The Balaban J connectivity index is 1.47. The highest BCUT2D eigenvalue weighted by molar-refractivity contribution is 7.09. The normalized spacial score (nSPS) is 16.5. The first-order valence-electron chi connectivity index (χ1n) is 9.17. The number of ether oxygens (including phenoxy) is 1. The van der Waals surface area contributed by atoms with Gasteiger partial charge < -0.3 is 15.4 Å². The minimum absolute atomic E-state index is 0.157. The van der Waals surface area contributed by atoms with Crippen molar-refractivity contribution < 1.29 is 9.53 Å². The third-order valence-corrected chi connectivity index (χ3v) is 5.82. The van der Waals surface area contributed by atoms with E-state index in [2.05, 4.69) is 11.9 Å². The van der Waals surface area contributed by atoms with Crippen molar-refractivity contribution in [3.8, 4) is 5.75 Å². The molecule has 1 unspecified atom stereocenters. The topological polar surface area (TPSA) is 68.5 Å². The Morgan fingerprint density at radius 2 is 2.04 bits per heavy atom. The van der Waals surface area contributed by atoms with Crippen LogP contribution in [0.2, 0.25) is 0 Å². The molecule has 0 aliphatic carbocycles. The number of nitrogens with two attached hydrogens (primary N) is 1. The van der Waals surface area contributed by atoms with Crippen molar-refractivity contribution >= 4 is 17.2 Å². The van der Waals surface area contributed by atoms with Crippen LogP contribution in [-0.4, -0.2) is 34.9 Å². The SMILES string of the molecule is Cc1ccc(OCc2nc(CC(=O)N3CCC(C(C)N)CC3)cs2)cc1. The summed E-state index contributed by atoms with van der Waals surface area (Å²) in [5.41, 5.74) is 8.01. The van der Waals surface area contributed by atoms with E-state index in [9.17, 15) is 4.79 Å². The molecule has 0 saturated carbocycles. The molecule has 1 aromatic heterocycles. The van der Waals surface area contributed by atoms with E-state index in [-0.39, 0.29) is 11.9 Å². The van der Waals surface area contributed by atoms with E-state index in [0.717, 1.165) is 42.4 Å². The van der Waals surface area contributed by atoms with Crippen molar-refractivity contribution in [1.29, 1.82) is 0 Å². The van der Waals surface area contributed by atoms with E-state index in [1.165, 1.54) is 5.56 Å². The Morgan fingerprint density at radius 3 is 2.69 bits per heavy atom. The smallest absolute Gasteiger partial charge is 0.228 e. The van der Waals surface area contributed by atoms with Crippen LogP contribution in [0.25, 0.3) is 0 Å². The third-order valence-electron chi connectivity index (χ3n) is 4.95. The summed E-state index contributed by atoms with van der Waals surface area (Å²) in [5.74, 6) is 1.52. The first-order chi connectivity index (χ1) is 12.5. The van der Waals surface area contributed by atoms with Crippen LogP contribution in [0.4, 0.5) is 0 Å². The van der Waals surface area contributed by atoms with E-state index in [4.69, 9.17) is 10.5 Å². The monoisotopic (exact) mass is 373 g/mol. The first-order valence-corrected chi connectivity index (χ1v) is 10.1. The number of hydrogen-bond donors (Lipinski definition) is 1. The maximum Gasteiger partial charge on any atom is 0.228 e. The van der Waals surface area contributed by atoms with Gasteiger partial charge in [-0.15, -0.1) is 11.3 Å². The lowest BCUT2D eigenvalue weighted by atomic mass is 9.91. The molecule has 0 bridgehead atoms. The largest absolute Gasteiger partial charge is 0.486 e. The van der Waals surface area contributed by atoms with Crippen molar-refractivity contribution in [2.24, 2.45) is 11.7 Å². The lowest BCUT2D eigenvalue weighted by Crippen LogP contribution is -2.43. The maximum atomic E-state index is 12.5. The quantitative estimate of drug-likeness (QED) is 0.844. The molecular formula is C20H27N3O2S. The first kappa shape index (κ1) is 18.9. The van der Waals surface area contributed by atoms with E-state index in [1.807, 2.05) is 41.5 Å². The molecule has 2 heterocycles. The highest BCUT2D eigenvalue weighted by Crippen LogP contribution is 2.21. The molecule has 1 saturated heterocycles. The van der Waals surface area contributed by atoms with Crippen molar-refractivity contribution in [2.45, 2.75) is 45.8 Å². The van der Waals surface area contributed by atoms with Crippen molar-refractivity contribution in [1.82, 2.24) is 9.88 Å². The molecule has 1 aliphatic heterocycles.